The molecule has 3 rings (SSSR count). The minimum Gasteiger partial charge on any atom is -0.427 e. The summed E-state index contributed by atoms with van der Waals surface area (Å²) in [5.74, 6) is 1.23. The maximum absolute atomic E-state index is 12.5. The van der Waals surface area contributed by atoms with Crippen molar-refractivity contribution < 1.29 is 9.21 Å². The summed E-state index contributed by atoms with van der Waals surface area (Å²) in [7, 11) is 0. The normalized spacial score (nSPS) is 21.4. The molecule has 5 nitrogen and oxygen atoms in total. The molecule has 1 atom stereocenters. The number of nitrogens with zero attached hydrogens (tertiary/aromatic N) is 1. The van der Waals surface area contributed by atoms with Crippen molar-refractivity contribution in [2.75, 3.05) is 19.6 Å². The Morgan fingerprint density at radius 1 is 1.41 bits per heavy atom. The zero-order chi connectivity index (χ0) is 15.0. The number of hydrogen-bond donors (Lipinski definition) is 1. The second-order valence-electron chi connectivity index (χ2n) is 6.26. The molecule has 0 bridgehead atoms. The molecule has 2 aliphatic rings. The van der Waals surface area contributed by atoms with Gasteiger partial charge in [0.25, 0.3) is 5.91 Å². The second-order valence-corrected chi connectivity index (χ2v) is 6.26. The Hall–Kier alpha value is -1.33. The second kappa shape index (κ2) is 6.84. The molecule has 1 aliphatic carbocycles. The lowest BCUT2D eigenvalue weighted by atomic mass is 9.83. The fourth-order valence-corrected chi connectivity index (χ4v) is 3.15. The van der Waals surface area contributed by atoms with Crippen LogP contribution in [-0.4, -0.2) is 30.4 Å². The highest BCUT2D eigenvalue weighted by molar-refractivity contribution is 5.95. The van der Waals surface area contributed by atoms with Gasteiger partial charge in [-0.1, -0.05) is 6.42 Å². The van der Waals surface area contributed by atoms with Crippen LogP contribution in [0.3, 0.4) is 0 Å². The van der Waals surface area contributed by atoms with E-state index >= 15 is 0 Å². The largest absolute Gasteiger partial charge is 0.427 e. The molecular formula is C16H23ClN2O3. The van der Waals surface area contributed by atoms with E-state index in [0.29, 0.717) is 31.5 Å². The number of amides is 1. The SMILES string of the molecule is Cc1cc(C2CCC2)oc(=O)c1C(=O)N1CCC(CN)C1.Cl. The highest BCUT2D eigenvalue weighted by atomic mass is 35.5. The van der Waals surface area contributed by atoms with Gasteiger partial charge in [0.15, 0.2) is 0 Å². The minimum absolute atomic E-state index is 0. The van der Waals surface area contributed by atoms with Crippen LogP contribution in [-0.2, 0) is 0 Å². The first-order chi connectivity index (χ1) is 10.1. The average Bonchev–Trinajstić information content (AvgIpc) is 2.84. The van der Waals surface area contributed by atoms with E-state index in [2.05, 4.69) is 0 Å². The zero-order valence-electron chi connectivity index (χ0n) is 12.8. The van der Waals surface area contributed by atoms with E-state index in [0.717, 1.165) is 30.6 Å². The van der Waals surface area contributed by atoms with Crippen molar-refractivity contribution in [1.29, 1.82) is 0 Å². The Balaban J connectivity index is 0.00000176. The number of halogens is 1. The van der Waals surface area contributed by atoms with Crippen molar-refractivity contribution in [1.82, 2.24) is 4.90 Å². The van der Waals surface area contributed by atoms with Crippen LogP contribution in [0.4, 0.5) is 0 Å². The third-order valence-corrected chi connectivity index (χ3v) is 4.80. The number of likely N-dealkylation sites (tertiary alicyclic amines) is 1. The fraction of sp³-hybridized carbons (Fsp3) is 0.625. The first kappa shape index (κ1) is 17.0. The van der Waals surface area contributed by atoms with E-state index in [1.165, 1.54) is 6.42 Å². The van der Waals surface area contributed by atoms with Gasteiger partial charge in [0.05, 0.1) is 0 Å². The van der Waals surface area contributed by atoms with E-state index in [9.17, 15) is 9.59 Å². The summed E-state index contributed by atoms with van der Waals surface area (Å²) >= 11 is 0. The summed E-state index contributed by atoms with van der Waals surface area (Å²) in [6.45, 7) is 3.71. The van der Waals surface area contributed by atoms with Crippen molar-refractivity contribution >= 4 is 18.3 Å². The molecule has 1 saturated carbocycles. The molecule has 0 radical (unpaired) electrons. The molecule has 1 unspecified atom stereocenters. The first-order valence-corrected chi connectivity index (χ1v) is 7.74. The van der Waals surface area contributed by atoms with Crippen LogP contribution < -0.4 is 11.4 Å². The predicted molar refractivity (Wildman–Crippen MR) is 86.6 cm³/mol. The summed E-state index contributed by atoms with van der Waals surface area (Å²) in [5.41, 5.74) is 6.08. The van der Waals surface area contributed by atoms with E-state index in [4.69, 9.17) is 10.2 Å². The third-order valence-electron chi connectivity index (χ3n) is 4.80. The molecule has 122 valence electrons. The molecule has 2 heterocycles. The molecule has 6 heteroatoms. The van der Waals surface area contributed by atoms with Crippen LogP contribution in [0.5, 0.6) is 0 Å². The number of hydrogen-bond acceptors (Lipinski definition) is 4. The first-order valence-electron chi connectivity index (χ1n) is 7.74. The Bertz CT molecular complexity index is 610. The molecule has 1 aromatic heterocycles. The summed E-state index contributed by atoms with van der Waals surface area (Å²) in [6.07, 6.45) is 4.23. The van der Waals surface area contributed by atoms with Crippen molar-refractivity contribution in [3.63, 3.8) is 0 Å². The average molecular weight is 327 g/mol. The Morgan fingerprint density at radius 2 is 2.14 bits per heavy atom. The highest BCUT2D eigenvalue weighted by Gasteiger charge is 2.30. The van der Waals surface area contributed by atoms with Gasteiger partial charge in [0.1, 0.15) is 11.3 Å². The van der Waals surface area contributed by atoms with Crippen molar-refractivity contribution in [3.8, 4) is 0 Å². The predicted octanol–water partition coefficient (Wildman–Crippen LogP) is 2.06. The maximum Gasteiger partial charge on any atom is 0.349 e. The van der Waals surface area contributed by atoms with Crippen molar-refractivity contribution in [2.24, 2.45) is 11.7 Å². The molecule has 1 saturated heterocycles. The highest BCUT2D eigenvalue weighted by Crippen LogP contribution is 2.36. The van der Waals surface area contributed by atoms with Crippen LogP contribution >= 0.6 is 12.4 Å². The molecule has 22 heavy (non-hydrogen) atoms. The van der Waals surface area contributed by atoms with Gasteiger partial charge in [0.2, 0.25) is 0 Å². The quantitative estimate of drug-likeness (QED) is 0.922. The van der Waals surface area contributed by atoms with Gasteiger partial charge < -0.3 is 15.1 Å². The number of carbonyl (C=O) groups is 1. The Kier molecular flexibility index (Phi) is 5.29. The monoisotopic (exact) mass is 326 g/mol. The molecule has 1 aliphatic heterocycles. The van der Waals surface area contributed by atoms with Crippen LogP contribution in [0, 0.1) is 12.8 Å². The lowest BCUT2D eigenvalue weighted by Crippen LogP contribution is -2.34. The van der Waals surface area contributed by atoms with Gasteiger partial charge in [-0.15, -0.1) is 12.4 Å². The minimum atomic E-state index is -0.488. The van der Waals surface area contributed by atoms with E-state index in [1.807, 2.05) is 13.0 Å². The lowest BCUT2D eigenvalue weighted by molar-refractivity contribution is 0.0781. The molecule has 2 N–H and O–H groups in total. The van der Waals surface area contributed by atoms with Crippen LogP contribution in [0.2, 0.25) is 0 Å². The van der Waals surface area contributed by atoms with Gasteiger partial charge in [0, 0.05) is 19.0 Å². The molecule has 2 fully saturated rings. The Morgan fingerprint density at radius 3 is 2.64 bits per heavy atom. The van der Waals surface area contributed by atoms with Gasteiger partial charge in [-0.25, -0.2) is 4.79 Å². The summed E-state index contributed by atoms with van der Waals surface area (Å²) in [4.78, 5) is 26.5. The van der Waals surface area contributed by atoms with Crippen LogP contribution in [0.15, 0.2) is 15.3 Å². The smallest absolute Gasteiger partial charge is 0.349 e. The van der Waals surface area contributed by atoms with Gasteiger partial charge in [-0.2, -0.15) is 0 Å². The summed E-state index contributed by atoms with van der Waals surface area (Å²) < 4.78 is 5.40. The van der Waals surface area contributed by atoms with Crippen LogP contribution in [0.25, 0.3) is 0 Å². The molecule has 1 amide bonds. The number of aryl methyl sites for hydroxylation is 1. The molecular weight excluding hydrogens is 304 g/mol. The maximum atomic E-state index is 12.5. The standard InChI is InChI=1S/C16H22N2O3.ClH/c1-10-7-13(12-3-2-4-12)21-16(20)14(10)15(19)18-6-5-11(8-17)9-18;/h7,11-12H,2-6,8-9,17H2,1H3;1H. The van der Waals surface area contributed by atoms with Crippen molar-refractivity contribution in [2.45, 2.75) is 38.5 Å². The van der Waals surface area contributed by atoms with Gasteiger partial charge in [-0.3, -0.25) is 4.79 Å². The van der Waals surface area contributed by atoms with Gasteiger partial charge in [-0.05, 0) is 50.3 Å². The summed E-state index contributed by atoms with van der Waals surface area (Å²) in [5, 5.41) is 0. The molecule has 0 aromatic carbocycles. The topological polar surface area (TPSA) is 76.5 Å². The number of rotatable bonds is 3. The fourth-order valence-electron chi connectivity index (χ4n) is 3.15. The summed E-state index contributed by atoms with van der Waals surface area (Å²) in [6, 6.07) is 1.87. The number of nitrogens with two attached hydrogens (primary N) is 1. The molecule has 1 aromatic rings. The van der Waals surface area contributed by atoms with E-state index < -0.39 is 5.63 Å². The van der Waals surface area contributed by atoms with E-state index in [-0.39, 0.29) is 23.9 Å². The Labute approximate surface area is 136 Å². The van der Waals surface area contributed by atoms with Gasteiger partial charge >= 0.3 is 5.63 Å². The lowest BCUT2D eigenvalue weighted by Gasteiger charge is -2.24. The third kappa shape index (κ3) is 3.06. The number of carbonyl (C=O) groups excluding carboxylic acids is 1. The zero-order valence-corrected chi connectivity index (χ0v) is 13.7. The van der Waals surface area contributed by atoms with Crippen molar-refractivity contribution in [3.05, 3.63) is 33.4 Å². The van der Waals surface area contributed by atoms with Crippen LogP contribution in [0.1, 0.15) is 53.3 Å². The molecule has 0 spiro atoms. The van der Waals surface area contributed by atoms with E-state index in [1.54, 1.807) is 4.90 Å².